The predicted octanol–water partition coefficient (Wildman–Crippen LogP) is 15.6. The normalized spacial score (nSPS) is 24.0. The van der Waals surface area contributed by atoms with Crippen LogP contribution in [0.4, 0.5) is 3.89 Å². The summed E-state index contributed by atoms with van der Waals surface area (Å²) in [7, 11) is 0. The van der Waals surface area contributed by atoms with Crippen molar-refractivity contribution in [3.8, 4) is 12.1 Å². The monoisotopic (exact) mass is 1610 g/mol. The third kappa shape index (κ3) is 19.9. The first-order valence-corrected chi connectivity index (χ1v) is 42.7. The van der Waals surface area contributed by atoms with Gasteiger partial charge in [-0.3, -0.25) is 47.9 Å². The Morgan fingerprint density at radius 1 is 0.473 bits per heavy atom. The number of amides is 7. The fourth-order valence-electron chi connectivity index (χ4n) is 19.7. The Morgan fingerprint density at radius 2 is 0.768 bits per heavy atom. The van der Waals surface area contributed by atoms with Gasteiger partial charge in [0.05, 0.1) is 12.1 Å². The molecule has 3 unspecified atom stereocenters. The fraction of sp³-hybridized carbons (Fsp3) is 0.576. The van der Waals surface area contributed by atoms with Crippen molar-refractivity contribution in [3.63, 3.8) is 0 Å². The van der Waals surface area contributed by atoms with Crippen molar-refractivity contribution in [2.45, 2.75) is 248 Å². The minimum atomic E-state index is -0.936. The maximum atomic E-state index is 13.8. The molecule has 6 heterocycles. The second kappa shape index (κ2) is 37.3. The highest BCUT2D eigenvalue weighted by Crippen LogP contribution is 2.50. The molecule has 598 valence electrons. The highest BCUT2D eigenvalue weighted by atomic mass is 35.5. The molecule has 9 fully saturated rings. The van der Waals surface area contributed by atoms with E-state index in [1.54, 1.807) is 57.2 Å². The first-order chi connectivity index (χ1) is 53.9. The summed E-state index contributed by atoms with van der Waals surface area (Å²) in [5, 5.41) is 32.5. The van der Waals surface area contributed by atoms with Gasteiger partial charge in [-0.05, 0) is 186 Å². The fourth-order valence-corrected chi connectivity index (χ4v) is 20.2. The number of carbonyl (C=O) groups is 10. The molecule has 3 aromatic carbocycles. The lowest BCUT2D eigenvalue weighted by atomic mass is 9.72. The zero-order valence-electron chi connectivity index (χ0n) is 63.9. The number of hydrogen-bond donors (Lipinski definition) is 7. The van der Waals surface area contributed by atoms with E-state index in [1.165, 1.54) is 19.1 Å². The molecule has 15 rings (SSSR count). The lowest BCUT2D eigenvalue weighted by molar-refractivity contribution is -0.131. The standard InChI is InChI=1S/C28H35ClN4O4.2C28H33ClN4O3.CH3FS/c29-19-9-8-17-12-22(31-20(17)14-19)27(37)33-16-28(10-4-1-5-11-28)15-23(33)26(36)32-21(25(30)35)13-18-6-2-3-7-24(18)34;2*29-20-9-8-18-13-23(32-22(18)14-20)27(36)33-17-28(10-4-1-5-11-28)15-24(33)26(35)31-21(16-30)12-19-6-2-3-7-25(19)34;1-3-2/h8-9,12,14,18,21,23,31H,1-7,10-11,13,15-16H2,(H2,30,35)(H,32,36);2*8-9,13-14,19,21,24,32H,1-7,10-12,15,17H2,(H,31,35);1H3/t18-,21-,23?;2*19-,21-,24?;/m000./s1. The van der Waals surface area contributed by atoms with Crippen molar-refractivity contribution in [2.75, 3.05) is 25.9 Å². The Balaban J connectivity index is 0.000000153. The molecule has 3 aromatic heterocycles. The first-order valence-electron chi connectivity index (χ1n) is 40.4. The van der Waals surface area contributed by atoms with E-state index in [0.29, 0.717) is 110 Å². The largest absolute Gasteiger partial charge is 0.368 e. The number of hydrogen-bond acceptors (Lipinski definition) is 13. The number of fused-ring (bicyclic) bond motifs is 3. The molecule has 22 nitrogen and oxygen atoms in total. The Bertz CT molecular complexity index is 4380. The van der Waals surface area contributed by atoms with Gasteiger partial charge in [-0.25, -0.2) is 0 Å². The number of ketones is 3. The van der Waals surface area contributed by atoms with E-state index in [1.807, 2.05) is 30.3 Å². The number of aromatic nitrogens is 3. The number of benzene rings is 3. The van der Waals surface area contributed by atoms with E-state index in [0.717, 1.165) is 168 Å². The molecule has 112 heavy (non-hydrogen) atoms. The van der Waals surface area contributed by atoms with Crippen molar-refractivity contribution in [1.29, 1.82) is 10.5 Å². The van der Waals surface area contributed by atoms with Crippen LogP contribution in [0.25, 0.3) is 32.7 Å². The van der Waals surface area contributed by atoms with Gasteiger partial charge >= 0.3 is 0 Å². The third-order valence-corrected chi connectivity index (χ3v) is 26.3. The second-order valence-corrected chi connectivity index (χ2v) is 34.9. The van der Waals surface area contributed by atoms with Crippen LogP contribution in [0.2, 0.25) is 15.1 Å². The van der Waals surface area contributed by atoms with Gasteiger partial charge in [-0.2, -0.15) is 14.4 Å². The number of H-pyrrole nitrogens is 3. The maximum absolute atomic E-state index is 13.8. The van der Waals surface area contributed by atoms with Crippen LogP contribution in [-0.4, -0.2) is 150 Å². The van der Waals surface area contributed by atoms with Crippen LogP contribution in [0.15, 0.2) is 72.8 Å². The van der Waals surface area contributed by atoms with Crippen LogP contribution in [0.1, 0.15) is 243 Å². The number of aromatic amines is 3. The van der Waals surface area contributed by atoms with Gasteiger partial charge in [-0.15, -0.1) is 0 Å². The van der Waals surface area contributed by atoms with Gasteiger partial charge in [0.25, 0.3) is 17.7 Å². The number of nitrogens with two attached hydrogens (primary N) is 1. The van der Waals surface area contributed by atoms with Crippen molar-refractivity contribution >= 4 is 138 Å². The van der Waals surface area contributed by atoms with Gasteiger partial charge < -0.3 is 51.3 Å². The van der Waals surface area contributed by atoms with Crippen molar-refractivity contribution < 1.29 is 51.8 Å². The van der Waals surface area contributed by atoms with E-state index in [4.69, 9.17) is 40.5 Å². The van der Waals surface area contributed by atoms with E-state index in [2.05, 4.69) is 43.0 Å². The molecule has 0 radical (unpaired) electrons. The average molecular weight is 1610 g/mol. The lowest BCUT2D eigenvalue weighted by Crippen LogP contribution is -2.53. The van der Waals surface area contributed by atoms with E-state index in [-0.39, 0.29) is 105 Å². The highest BCUT2D eigenvalue weighted by molar-refractivity contribution is 7.93. The molecule has 3 aliphatic heterocycles. The number of nitrogens with one attached hydrogen (secondary N) is 6. The Morgan fingerprint density at radius 3 is 1.05 bits per heavy atom. The van der Waals surface area contributed by atoms with Gasteiger partial charge in [0.1, 0.15) is 70.7 Å². The maximum Gasteiger partial charge on any atom is 0.271 e. The summed E-state index contributed by atoms with van der Waals surface area (Å²) in [6.45, 7) is 1.58. The first kappa shape index (κ1) is 83.1. The van der Waals surface area contributed by atoms with Gasteiger partial charge in [0.15, 0.2) is 0 Å². The Hall–Kier alpha value is -8.29. The zero-order chi connectivity index (χ0) is 79.4. The highest BCUT2D eigenvalue weighted by Gasteiger charge is 2.53. The molecule has 6 saturated carbocycles. The summed E-state index contributed by atoms with van der Waals surface area (Å²) in [4.78, 5) is 146. The molecule has 6 aliphatic carbocycles. The molecule has 6 aromatic rings. The van der Waals surface area contributed by atoms with Crippen LogP contribution in [-0.2, 0) is 33.6 Å². The van der Waals surface area contributed by atoms with E-state index >= 15 is 0 Å². The smallest absolute Gasteiger partial charge is 0.271 e. The van der Waals surface area contributed by atoms with Crippen LogP contribution in [0.3, 0.4) is 0 Å². The van der Waals surface area contributed by atoms with Crippen LogP contribution in [0.5, 0.6) is 0 Å². The van der Waals surface area contributed by atoms with Crippen molar-refractivity contribution in [1.82, 2.24) is 45.6 Å². The number of primary amides is 1. The Kier molecular flexibility index (Phi) is 27.7. The van der Waals surface area contributed by atoms with Crippen LogP contribution >= 0.6 is 47.0 Å². The molecular formula is C85H104Cl3FN12O10S. The number of halogens is 4. The minimum absolute atomic E-state index is 0.0628. The molecule has 3 spiro atoms. The molecule has 3 saturated heterocycles. The number of carbonyl (C=O) groups excluding carboxylic acids is 10. The summed E-state index contributed by atoms with van der Waals surface area (Å²) < 4.78 is 10.2. The van der Waals surface area contributed by atoms with Crippen LogP contribution < -0.4 is 21.7 Å². The van der Waals surface area contributed by atoms with Crippen molar-refractivity contribution in [3.05, 3.63) is 105 Å². The summed E-state index contributed by atoms with van der Waals surface area (Å²) in [6, 6.07) is 21.7. The van der Waals surface area contributed by atoms with Gasteiger partial charge in [-0.1, -0.05) is 130 Å². The third-order valence-electron chi connectivity index (χ3n) is 25.6. The van der Waals surface area contributed by atoms with E-state index < -0.39 is 42.2 Å². The van der Waals surface area contributed by atoms with Gasteiger partial charge in [0.2, 0.25) is 23.6 Å². The molecule has 0 bridgehead atoms. The molecule has 7 amide bonds. The number of Topliss-reactive ketones (excluding diaryl/α,β-unsaturated/α-hetero) is 3. The molecule has 9 atom stereocenters. The second-order valence-electron chi connectivity index (χ2n) is 33.3. The minimum Gasteiger partial charge on any atom is -0.368 e. The molecule has 9 aliphatic rings. The summed E-state index contributed by atoms with van der Waals surface area (Å²) in [5.74, 6) is -2.37. The van der Waals surface area contributed by atoms with E-state index in [9.17, 15) is 62.4 Å². The summed E-state index contributed by atoms with van der Waals surface area (Å²) in [5.41, 5.74) is 9.02. The Labute approximate surface area is 673 Å². The molecule has 8 N–H and O–H groups in total. The predicted molar refractivity (Wildman–Crippen MR) is 430 cm³/mol. The summed E-state index contributed by atoms with van der Waals surface area (Å²) >= 11 is 18.6. The molecular weight excluding hydrogens is 1510 g/mol. The van der Waals surface area contributed by atoms with Gasteiger partial charge in [0, 0.05) is 123 Å². The average Bonchev–Trinajstić information content (AvgIpc) is 1.62. The van der Waals surface area contributed by atoms with Crippen LogP contribution in [0, 0.1) is 56.7 Å². The van der Waals surface area contributed by atoms with Crippen molar-refractivity contribution in [2.24, 2.45) is 39.7 Å². The SMILES string of the molecule is CSF.N#C[C@H](C[C@@H]1CCCCC1=O)NC(=O)C1CC2(CCCCC2)CN1C(=O)c1cc2ccc(Cl)cc2[nH]1.N#C[C@H](C[C@@H]1CCCCC1=O)NC(=O)C1CC2(CCCCC2)CN1C(=O)c1cc2ccc(Cl)cc2[nH]1.NC(=O)[C@H](C[C@@H]1CCCCC1=O)NC(=O)C1CC2(CCCCC2)CN1C(=O)c1cc2ccc(Cl)cc2[nH]1. The number of likely N-dealkylation sites (tertiary alicyclic amines) is 3. The number of rotatable bonds is 16. The quantitative estimate of drug-likeness (QED) is 0.0474. The number of nitriles is 2. The molecule has 27 heteroatoms. The lowest BCUT2D eigenvalue weighted by Gasteiger charge is -2.32. The topological polar surface area (TPSA) is 337 Å². The summed E-state index contributed by atoms with van der Waals surface area (Å²) in [6.07, 6.45) is 29.5. The number of nitrogens with zero attached hydrogens (tertiary/aromatic N) is 5. The zero-order valence-corrected chi connectivity index (χ0v) is 67.0.